The first-order valence-corrected chi connectivity index (χ1v) is 7.23. The van der Waals surface area contributed by atoms with E-state index >= 15 is 0 Å². The molecule has 0 aliphatic carbocycles. The molecular formula is C10H12N2O3S2. The first-order chi connectivity index (χ1) is 8.16. The maximum Gasteiger partial charge on any atom is 0.355 e. The van der Waals surface area contributed by atoms with Crippen molar-refractivity contribution in [2.45, 2.75) is 13.0 Å². The summed E-state index contributed by atoms with van der Waals surface area (Å²) in [6, 6.07) is 0. The fourth-order valence-electron chi connectivity index (χ4n) is 1.54. The van der Waals surface area contributed by atoms with Crippen molar-refractivity contribution in [2.75, 3.05) is 11.5 Å². The Hall–Kier alpha value is -1.08. The van der Waals surface area contributed by atoms with E-state index in [9.17, 15) is 9.59 Å². The highest BCUT2D eigenvalue weighted by molar-refractivity contribution is 7.99. The van der Waals surface area contributed by atoms with Crippen molar-refractivity contribution in [1.82, 2.24) is 10.3 Å². The van der Waals surface area contributed by atoms with Gasteiger partial charge in [-0.05, 0) is 12.2 Å². The number of carbonyl (C=O) groups excluding carboxylic acids is 1. The zero-order valence-corrected chi connectivity index (χ0v) is 10.6. The van der Waals surface area contributed by atoms with E-state index < -0.39 is 5.97 Å². The van der Waals surface area contributed by atoms with Crippen LogP contribution in [-0.4, -0.2) is 33.5 Å². The Bertz CT molecular complexity index is 427. The number of rotatable bonds is 4. The highest BCUT2D eigenvalue weighted by Crippen LogP contribution is 2.23. The van der Waals surface area contributed by atoms with Gasteiger partial charge in [0.15, 0.2) is 5.69 Å². The summed E-state index contributed by atoms with van der Waals surface area (Å²) >= 11 is 3.04. The second-order valence-corrected chi connectivity index (χ2v) is 5.80. The van der Waals surface area contributed by atoms with Crippen molar-refractivity contribution in [3.05, 3.63) is 16.1 Å². The van der Waals surface area contributed by atoms with Crippen LogP contribution in [-0.2, 0) is 11.3 Å². The standard InChI is InChI=1S/C10H12N2O3S2/c13-9(6-1-2-16-4-6)11-3-8-12-7(5-17-8)10(14)15/h5-6H,1-4H2,(H,11,13)(H,14,15). The molecule has 1 aromatic heterocycles. The Labute approximate surface area is 107 Å². The normalized spacial score (nSPS) is 19.2. The number of carboxylic acid groups (broad SMARTS) is 1. The molecule has 2 rings (SSSR count). The Balaban J connectivity index is 1.84. The molecule has 2 heterocycles. The molecule has 7 heteroatoms. The Kier molecular flexibility index (Phi) is 4.01. The van der Waals surface area contributed by atoms with Crippen LogP contribution in [0.3, 0.4) is 0 Å². The van der Waals surface area contributed by atoms with E-state index in [4.69, 9.17) is 5.11 Å². The molecule has 0 saturated carbocycles. The van der Waals surface area contributed by atoms with Gasteiger partial charge in [0.2, 0.25) is 5.91 Å². The van der Waals surface area contributed by atoms with Crippen LogP contribution in [0.25, 0.3) is 0 Å². The number of thioether (sulfide) groups is 1. The zero-order valence-electron chi connectivity index (χ0n) is 9.01. The van der Waals surface area contributed by atoms with Gasteiger partial charge in [-0.1, -0.05) is 0 Å². The number of amides is 1. The van der Waals surface area contributed by atoms with E-state index in [1.165, 1.54) is 16.7 Å². The molecule has 17 heavy (non-hydrogen) atoms. The lowest BCUT2D eigenvalue weighted by molar-refractivity contribution is -0.124. The maximum atomic E-state index is 11.7. The summed E-state index contributed by atoms with van der Waals surface area (Å²) in [5.74, 6) is 1.02. The van der Waals surface area contributed by atoms with Gasteiger partial charge in [-0.25, -0.2) is 9.78 Å². The molecule has 1 aromatic rings. The highest BCUT2D eigenvalue weighted by atomic mass is 32.2. The summed E-state index contributed by atoms with van der Waals surface area (Å²) in [4.78, 5) is 26.2. The van der Waals surface area contributed by atoms with Crippen LogP contribution in [0.4, 0.5) is 0 Å². The van der Waals surface area contributed by atoms with Crippen LogP contribution in [0.2, 0.25) is 0 Å². The number of hydrogen-bond donors (Lipinski definition) is 2. The van der Waals surface area contributed by atoms with Crippen LogP contribution >= 0.6 is 23.1 Å². The number of thiazole rings is 1. The molecule has 2 N–H and O–H groups in total. The van der Waals surface area contributed by atoms with E-state index in [1.54, 1.807) is 11.8 Å². The van der Waals surface area contributed by atoms with Gasteiger partial charge in [0.1, 0.15) is 5.01 Å². The predicted molar refractivity (Wildman–Crippen MR) is 66.4 cm³/mol. The largest absolute Gasteiger partial charge is 0.476 e. The van der Waals surface area contributed by atoms with Crippen molar-refractivity contribution in [2.24, 2.45) is 5.92 Å². The topological polar surface area (TPSA) is 79.3 Å². The van der Waals surface area contributed by atoms with E-state index in [1.807, 2.05) is 0 Å². The van der Waals surface area contributed by atoms with Crippen LogP contribution < -0.4 is 5.32 Å². The third-order valence-electron chi connectivity index (χ3n) is 2.49. The average molecular weight is 272 g/mol. The molecule has 1 saturated heterocycles. The lowest BCUT2D eigenvalue weighted by atomic mass is 10.1. The summed E-state index contributed by atoms with van der Waals surface area (Å²) in [5.41, 5.74) is 0.0377. The predicted octanol–water partition coefficient (Wildman–Crippen LogP) is 1.21. The van der Waals surface area contributed by atoms with Gasteiger partial charge < -0.3 is 10.4 Å². The quantitative estimate of drug-likeness (QED) is 0.861. The van der Waals surface area contributed by atoms with Crippen LogP contribution in [0.1, 0.15) is 21.9 Å². The minimum Gasteiger partial charge on any atom is -0.476 e. The monoisotopic (exact) mass is 272 g/mol. The van der Waals surface area contributed by atoms with E-state index in [0.717, 1.165) is 17.9 Å². The first-order valence-electron chi connectivity index (χ1n) is 5.20. The molecule has 1 unspecified atom stereocenters. The summed E-state index contributed by atoms with van der Waals surface area (Å²) in [6.07, 6.45) is 0.925. The van der Waals surface area contributed by atoms with Crippen molar-refractivity contribution in [1.29, 1.82) is 0 Å². The lowest BCUT2D eigenvalue weighted by Gasteiger charge is -2.07. The second kappa shape index (κ2) is 5.50. The summed E-state index contributed by atoms with van der Waals surface area (Å²) in [6.45, 7) is 0.317. The molecule has 1 amide bonds. The van der Waals surface area contributed by atoms with Gasteiger partial charge in [0.05, 0.1) is 6.54 Å². The van der Waals surface area contributed by atoms with Gasteiger partial charge in [-0.3, -0.25) is 4.79 Å². The van der Waals surface area contributed by atoms with Gasteiger partial charge >= 0.3 is 5.97 Å². The molecule has 0 spiro atoms. The summed E-state index contributed by atoms with van der Waals surface area (Å²) in [5, 5.41) is 13.6. The molecule has 0 radical (unpaired) electrons. The number of aromatic nitrogens is 1. The second-order valence-electron chi connectivity index (χ2n) is 3.71. The Morgan fingerprint density at radius 1 is 1.59 bits per heavy atom. The maximum absolute atomic E-state index is 11.7. The van der Waals surface area contributed by atoms with E-state index in [0.29, 0.717) is 11.6 Å². The zero-order chi connectivity index (χ0) is 12.3. The number of hydrogen-bond acceptors (Lipinski definition) is 5. The van der Waals surface area contributed by atoms with Crippen molar-refractivity contribution in [3.63, 3.8) is 0 Å². The minimum absolute atomic E-state index is 0.0377. The molecule has 1 atom stereocenters. The minimum atomic E-state index is -1.04. The van der Waals surface area contributed by atoms with Crippen molar-refractivity contribution < 1.29 is 14.7 Å². The van der Waals surface area contributed by atoms with Gasteiger partial charge in [-0.2, -0.15) is 11.8 Å². The van der Waals surface area contributed by atoms with E-state index in [-0.39, 0.29) is 17.5 Å². The van der Waals surface area contributed by atoms with Gasteiger partial charge in [0, 0.05) is 17.1 Å². The van der Waals surface area contributed by atoms with Crippen molar-refractivity contribution in [3.8, 4) is 0 Å². The van der Waals surface area contributed by atoms with Gasteiger partial charge in [-0.15, -0.1) is 11.3 Å². The smallest absolute Gasteiger partial charge is 0.355 e. The Morgan fingerprint density at radius 3 is 3.00 bits per heavy atom. The number of nitrogens with zero attached hydrogens (tertiary/aromatic N) is 1. The molecule has 1 aliphatic heterocycles. The molecule has 1 aliphatic rings. The number of aromatic carboxylic acids is 1. The molecule has 0 aromatic carbocycles. The van der Waals surface area contributed by atoms with E-state index in [2.05, 4.69) is 10.3 Å². The lowest BCUT2D eigenvalue weighted by Crippen LogP contribution is -2.30. The fourth-order valence-corrected chi connectivity index (χ4v) is 3.47. The number of carboxylic acids is 1. The fraction of sp³-hybridized carbons (Fsp3) is 0.500. The third-order valence-corrected chi connectivity index (χ3v) is 4.50. The van der Waals surface area contributed by atoms with Gasteiger partial charge in [0.25, 0.3) is 0 Å². The number of nitrogens with one attached hydrogen (secondary N) is 1. The van der Waals surface area contributed by atoms with Crippen LogP contribution in [0.5, 0.6) is 0 Å². The third kappa shape index (κ3) is 3.19. The van der Waals surface area contributed by atoms with Crippen LogP contribution in [0, 0.1) is 5.92 Å². The summed E-state index contributed by atoms with van der Waals surface area (Å²) in [7, 11) is 0. The Morgan fingerprint density at radius 2 is 2.41 bits per heavy atom. The molecule has 1 fully saturated rings. The average Bonchev–Trinajstić information content (AvgIpc) is 2.97. The molecule has 0 bridgehead atoms. The highest BCUT2D eigenvalue weighted by Gasteiger charge is 2.23. The molecule has 5 nitrogen and oxygen atoms in total. The van der Waals surface area contributed by atoms with Crippen LogP contribution in [0.15, 0.2) is 5.38 Å². The SMILES string of the molecule is O=C(O)c1csc(CNC(=O)C2CCSC2)n1. The molecular weight excluding hydrogens is 260 g/mol. The number of carbonyl (C=O) groups is 2. The summed E-state index contributed by atoms with van der Waals surface area (Å²) < 4.78 is 0. The first kappa shape index (κ1) is 12.4. The molecule has 92 valence electrons. The van der Waals surface area contributed by atoms with Crippen molar-refractivity contribution >= 4 is 35.0 Å².